The lowest BCUT2D eigenvalue weighted by molar-refractivity contribution is 0.340. The molecule has 0 fully saturated rings. The first-order valence-electron chi connectivity index (χ1n) is 8.85. The van der Waals surface area contributed by atoms with Crippen molar-refractivity contribution in [3.05, 3.63) is 64.8 Å². The zero-order valence-corrected chi connectivity index (χ0v) is 15.5. The summed E-state index contributed by atoms with van der Waals surface area (Å²) in [6, 6.07) is 15.0. The van der Waals surface area contributed by atoms with E-state index in [0.717, 1.165) is 25.8 Å². The molecule has 0 radical (unpaired) electrons. The monoisotopic (exact) mass is 338 g/mol. The molecule has 0 N–H and O–H groups in total. The van der Waals surface area contributed by atoms with E-state index in [-0.39, 0.29) is 0 Å². The molecule has 0 aliphatic heterocycles. The molecule has 3 rings (SSSR count). The summed E-state index contributed by atoms with van der Waals surface area (Å²) in [5, 5.41) is 1.44. The van der Waals surface area contributed by atoms with Gasteiger partial charge in [0.2, 0.25) is 0 Å². The molecule has 1 aromatic carbocycles. The summed E-state index contributed by atoms with van der Waals surface area (Å²) in [6.07, 6.45) is 6.34. The highest BCUT2D eigenvalue weighted by molar-refractivity contribution is 7.19. The van der Waals surface area contributed by atoms with Crippen LogP contribution in [0.2, 0.25) is 0 Å². The average Bonchev–Trinajstić information content (AvgIpc) is 2.97. The molecule has 0 aliphatic rings. The number of aryl methyl sites for hydroxylation is 2. The lowest BCUT2D eigenvalue weighted by atomic mass is 10.0. The van der Waals surface area contributed by atoms with Crippen LogP contribution in [0.1, 0.15) is 29.5 Å². The number of aromatic nitrogens is 1. The molecular formula is C21H26N2S. The van der Waals surface area contributed by atoms with Crippen LogP contribution in [0.3, 0.4) is 0 Å². The van der Waals surface area contributed by atoms with Gasteiger partial charge < -0.3 is 4.90 Å². The quantitative estimate of drug-likeness (QED) is 0.577. The Morgan fingerprint density at radius 2 is 1.79 bits per heavy atom. The Bertz CT molecular complexity index is 764. The van der Waals surface area contributed by atoms with Crippen LogP contribution in [0, 0.1) is 0 Å². The third-order valence-corrected chi connectivity index (χ3v) is 5.74. The van der Waals surface area contributed by atoms with Crippen LogP contribution in [0.5, 0.6) is 0 Å². The van der Waals surface area contributed by atoms with Gasteiger partial charge in [0.05, 0.1) is 0 Å². The van der Waals surface area contributed by atoms with Crippen molar-refractivity contribution in [2.75, 3.05) is 20.1 Å². The molecular weight excluding hydrogens is 312 g/mol. The SMILES string of the molecule is CCCN(C)CCc1sc2ccccc2c1CCc1ccccn1. The summed E-state index contributed by atoms with van der Waals surface area (Å²) in [5.74, 6) is 0. The van der Waals surface area contributed by atoms with E-state index in [9.17, 15) is 0 Å². The molecule has 0 aliphatic carbocycles. The molecule has 0 saturated carbocycles. The van der Waals surface area contributed by atoms with Gasteiger partial charge in [-0.2, -0.15) is 0 Å². The van der Waals surface area contributed by atoms with Crippen LogP contribution in [0.15, 0.2) is 48.7 Å². The number of hydrogen-bond donors (Lipinski definition) is 0. The van der Waals surface area contributed by atoms with Gasteiger partial charge in [0, 0.05) is 28.0 Å². The van der Waals surface area contributed by atoms with Crippen LogP contribution in [0.4, 0.5) is 0 Å². The fourth-order valence-corrected chi connectivity index (χ4v) is 4.45. The van der Waals surface area contributed by atoms with Crippen LogP contribution in [-0.2, 0) is 19.3 Å². The number of benzene rings is 1. The van der Waals surface area contributed by atoms with Crippen molar-refractivity contribution in [2.45, 2.75) is 32.6 Å². The minimum absolute atomic E-state index is 1.01. The van der Waals surface area contributed by atoms with Crippen molar-refractivity contribution in [1.29, 1.82) is 0 Å². The first kappa shape index (κ1) is 17.1. The number of fused-ring (bicyclic) bond motifs is 1. The highest BCUT2D eigenvalue weighted by Crippen LogP contribution is 2.32. The maximum absolute atomic E-state index is 4.48. The molecule has 126 valence electrons. The second-order valence-electron chi connectivity index (χ2n) is 6.37. The van der Waals surface area contributed by atoms with Crippen LogP contribution in [-0.4, -0.2) is 30.0 Å². The number of likely N-dealkylation sites (N-methyl/N-ethyl adjacent to an activating group) is 1. The first-order chi connectivity index (χ1) is 11.8. The van der Waals surface area contributed by atoms with Crippen molar-refractivity contribution in [2.24, 2.45) is 0 Å². The van der Waals surface area contributed by atoms with Gasteiger partial charge in [-0.25, -0.2) is 0 Å². The van der Waals surface area contributed by atoms with Gasteiger partial charge in [-0.1, -0.05) is 31.2 Å². The molecule has 2 nitrogen and oxygen atoms in total. The Kier molecular flexibility index (Phi) is 6.00. The maximum Gasteiger partial charge on any atom is 0.0406 e. The summed E-state index contributed by atoms with van der Waals surface area (Å²) in [6.45, 7) is 4.56. The van der Waals surface area contributed by atoms with Crippen molar-refractivity contribution >= 4 is 21.4 Å². The van der Waals surface area contributed by atoms with E-state index < -0.39 is 0 Å². The maximum atomic E-state index is 4.48. The number of pyridine rings is 1. The Morgan fingerprint density at radius 3 is 2.58 bits per heavy atom. The van der Waals surface area contributed by atoms with E-state index >= 15 is 0 Å². The molecule has 0 bridgehead atoms. The van der Waals surface area contributed by atoms with E-state index in [4.69, 9.17) is 0 Å². The zero-order valence-electron chi connectivity index (χ0n) is 14.7. The van der Waals surface area contributed by atoms with Gasteiger partial charge in [0.25, 0.3) is 0 Å². The van der Waals surface area contributed by atoms with Crippen molar-refractivity contribution in [3.63, 3.8) is 0 Å². The summed E-state index contributed by atoms with van der Waals surface area (Å²) in [5.41, 5.74) is 2.72. The number of rotatable bonds is 8. The molecule has 3 heteroatoms. The van der Waals surface area contributed by atoms with Crippen LogP contribution >= 0.6 is 11.3 Å². The van der Waals surface area contributed by atoms with Crippen molar-refractivity contribution < 1.29 is 0 Å². The van der Waals surface area contributed by atoms with Gasteiger partial charge >= 0.3 is 0 Å². The topological polar surface area (TPSA) is 16.1 Å². The van der Waals surface area contributed by atoms with E-state index in [1.54, 1.807) is 4.88 Å². The number of thiophene rings is 1. The largest absolute Gasteiger partial charge is 0.306 e. The van der Waals surface area contributed by atoms with Gasteiger partial charge in [-0.3, -0.25) is 4.98 Å². The van der Waals surface area contributed by atoms with E-state index in [0.29, 0.717) is 0 Å². The van der Waals surface area contributed by atoms with Crippen molar-refractivity contribution in [3.8, 4) is 0 Å². The zero-order chi connectivity index (χ0) is 16.8. The fourth-order valence-electron chi connectivity index (χ4n) is 3.21. The third kappa shape index (κ3) is 4.22. The fraction of sp³-hybridized carbons (Fsp3) is 0.381. The Hall–Kier alpha value is -1.71. The molecule has 2 aromatic heterocycles. The normalized spacial score (nSPS) is 11.5. The lowest BCUT2D eigenvalue weighted by Crippen LogP contribution is -2.21. The second-order valence-corrected chi connectivity index (χ2v) is 7.51. The Labute approximate surface area is 149 Å². The Morgan fingerprint density at radius 1 is 0.958 bits per heavy atom. The lowest BCUT2D eigenvalue weighted by Gasteiger charge is -2.15. The standard InChI is InChI=1S/C21H26N2S/c1-3-15-23(2)16-13-21-19(12-11-17-8-6-7-14-22-17)18-9-4-5-10-20(18)24-21/h4-10,14H,3,11-13,15-16H2,1-2H3. The molecule has 0 saturated heterocycles. The summed E-state index contributed by atoms with van der Waals surface area (Å²) < 4.78 is 1.42. The first-order valence-corrected chi connectivity index (χ1v) is 9.67. The molecule has 3 aromatic rings. The highest BCUT2D eigenvalue weighted by atomic mass is 32.1. The molecule has 0 atom stereocenters. The van der Waals surface area contributed by atoms with Gasteiger partial charge in [-0.05, 0) is 68.4 Å². The molecule has 0 unspecified atom stereocenters. The summed E-state index contributed by atoms with van der Waals surface area (Å²) >= 11 is 1.97. The predicted octanol–water partition coefficient (Wildman–Crippen LogP) is 4.97. The minimum atomic E-state index is 1.01. The third-order valence-electron chi connectivity index (χ3n) is 4.47. The average molecular weight is 339 g/mol. The van der Waals surface area contributed by atoms with Crippen molar-refractivity contribution in [1.82, 2.24) is 9.88 Å². The van der Waals surface area contributed by atoms with Gasteiger partial charge in [-0.15, -0.1) is 11.3 Å². The van der Waals surface area contributed by atoms with Crippen LogP contribution in [0.25, 0.3) is 10.1 Å². The van der Waals surface area contributed by atoms with E-state index in [1.807, 2.05) is 23.6 Å². The summed E-state index contributed by atoms with van der Waals surface area (Å²) in [4.78, 5) is 8.47. The van der Waals surface area contributed by atoms with Gasteiger partial charge in [0.1, 0.15) is 0 Å². The molecule has 0 amide bonds. The molecule has 24 heavy (non-hydrogen) atoms. The number of nitrogens with zero attached hydrogens (tertiary/aromatic N) is 2. The Balaban J connectivity index is 1.79. The second kappa shape index (κ2) is 8.41. The van der Waals surface area contributed by atoms with Crippen LogP contribution < -0.4 is 0 Å². The number of hydrogen-bond acceptors (Lipinski definition) is 3. The van der Waals surface area contributed by atoms with E-state index in [2.05, 4.69) is 60.3 Å². The van der Waals surface area contributed by atoms with E-state index in [1.165, 1.54) is 34.3 Å². The summed E-state index contributed by atoms with van der Waals surface area (Å²) in [7, 11) is 2.23. The predicted molar refractivity (Wildman–Crippen MR) is 105 cm³/mol. The minimum Gasteiger partial charge on any atom is -0.306 e. The highest BCUT2D eigenvalue weighted by Gasteiger charge is 2.12. The smallest absolute Gasteiger partial charge is 0.0406 e. The van der Waals surface area contributed by atoms with Gasteiger partial charge in [0.15, 0.2) is 0 Å². The molecule has 0 spiro atoms. The molecule has 2 heterocycles.